The first-order valence-electron chi connectivity index (χ1n) is 14.1. The number of hydrogen-bond acceptors (Lipinski definition) is 8. The van der Waals surface area contributed by atoms with Gasteiger partial charge in [0.1, 0.15) is 40.1 Å². The summed E-state index contributed by atoms with van der Waals surface area (Å²) in [6.45, 7) is 6.14. The predicted octanol–water partition coefficient (Wildman–Crippen LogP) is 4.49. The molecule has 6 rings (SSSR count). The second-order valence-electron chi connectivity index (χ2n) is 10.7. The lowest BCUT2D eigenvalue weighted by molar-refractivity contribution is -0.131. The summed E-state index contributed by atoms with van der Waals surface area (Å²) in [4.78, 5) is 30.7. The molecule has 0 aliphatic carbocycles. The summed E-state index contributed by atoms with van der Waals surface area (Å²) in [5.74, 6) is 0.541. The Kier molecular flexibility index (Phi) is 7.79. The van der Waals surface area contributed by atoms with Gasteiger partial charge in [0.05, 0.1) is 24.5 Å². The number of hydrogen-bond donors (Lipinski definition) is 0. The van der Waals surface area contributed by atoms with Crippen LogP contribution < -0.4 is 9.80 Å². The number of likely N-dealkylation sites (tertiary alicyclic amines) is 1. The number of amides is 1. The molecule has 0 unspecified atom stereocenters. The molecule has 2 saturated heterocycles. The Labute approximate surface area is 247 Å². The molecule has 1 aromatic carbocycles. The van der Waals surface area contributed by atoms with E-state index in [4.69, 9.17) is 9.97 Å². The number of thiazole rings is 1. The van der Waals surface area contributed by atoms with Gasteiger partial charge in [-0.15, -0.1) is 0 Å². The maximum atomic E-state index is 13.5. The molecule has 42 heavy (non-hydrogen) atoms. The lowest BCUT2D eigenvalue weighted by atomic mass is 10.1. The number of halogens is 2. The lowest BCUT2D eigenvalue weighted by Gasteiger charge is -2.36. The van der Waals surface area contributed by atoms with Crippen molar-refractivity contribution in [3.63, 3.8) is 0 Å². The number of anilines is 3. The molecule has 1 atom stereocenters. The van der Waals surface area contributed by atoms with Crippen molar-refractivity contribution in [3.05, 3.63) is 59.0 Å². The van der Waals surface area contributed by atoms with Crippen LogP contribution in [0.3, 0.4) is 0 Å². The number of nitriles is 1. The molecule has 2 aliphatic heterocycles. The molecule has 3 aromatic heterocycles. The molecular weight excluding hydrogens is 558 g/mol. The zero-order valence-corrected chi connectivity index (χ0v) is 24.4. The number of piperazine rings is 1. The smallest absolute Gasteiger partial charge is 0.236 e. The molecule has 0 saturated carbocycles. The van der Waals surface area contributed by atoms with Crippen LogP contribution in [-0.2, 0) is 11.2 Å². The van der Waals surface area contributed by atoms with Gasteiger partial charge in [0.15, 0.2) is 5.13 Å². The highest BCUT2D eigenvalue weighted by Gasteiger charge is 2.28. The zero-order chi connectivity index (χ0) is 29.4. The highest BCUT2D eigenvalue weighted by molar-refractivity contribution is 7.16. The van der Waals surface area contributed by atoms with E-state index in [0.717, 1.165) is 49.0 Å². The summed E-state index contributed by atoms with van der Waals surface area (Å²) in [7, 11) is 1.92. The Balaban J connectivity index is 1.22. The highest BCUT2D eigenvalue weighted by Crippen LogP contribution is 2.37. The number of carbonyl (C=O) groups excluding carboxylic acids is 1. The van der Waals surface area contributed by atoms with Crippen molar-refractivity contribution in [1.29, 1.82) is 5.26 Å². The molecule has 12 heteroatoms. The number of benzene rings is 1. The molecule has 0 N–H and O–H groups in total. The molecule has 2 fully saturated rings. The van der Waals surface area contributed by atoms with E-state index in [0.29, 0.717) is 47.2 Å². The number of rotatable bonds is 7. The largest absolute Gasteiger partial charge is 0.368 e. The van der Waals surface area contributed by atoms with E-state index in [9.17, 15) is 18.8 Å². The predicted molar refractivity (Wildman–Crippen MR) is 160 cm³/mol. The third-order valence-corrected chi connectivity index (χ3v) is 9.04. The third-order valence-electron chi connectivity index (χ3n) is 8.00. The average molecular weight is 591 g/mol. The second kappa shape index (κ2) is 11.7. The minimum absolute atomic E-state index is 0.00698. The Bertz CT molecular complexity index is 1640. The summed E-state index contributed by atoms with van der Waals surface area (Å²) >= 11 is 1.29. The summed E-state index contributed by atoms with van der Waals surface area (Å²) < 4.78 is 29.1. The highest BCUT2D eigenvalue weighted by atomic mass is 32.1. The summed E-state index contributed by atoms with van der Waals surface area (Å²) in [5, 5.41) is 10.5. The fourth-order valence-electron chi connectivity index (χ4n) is 5.67. The fourth-order valence-corrected chi connectivity index (χ4v) is 6.52. The molecule has 0 spiro atoms. The van der Waals surface area contributed by atoms with Gasteiger partial charge in [-0.05, 0) is 49.2 Å². The number of imidazole rings is 1. The molecule has 1 amide bonds. The standard InChI is InChI=1S/C30H32F2N8OS/c1-3-24-29(36(2)30-35-28(25(16-33)42-30)20-4-6-21(31)7-5-20)40-18-23(8-9-26(40)34-24)38-14-12-37(13-15-38)19-27(41)39-11-10-22(32)17-39/h4-9,18,22H,3,10-15,17,19H2,1-2H3/t22-/m1/s1. The Morgan fingerprint density at radius 1 is 1.12 bits per heavy atom. The van der Waals surface area contributed by atoms with Crippen LogP contribution in [0.1, 0.15) is 23.9 Å². The number of pyridine rings is 1. The van der Waals surface area contributed by atoms with E-state index >= 15 is 0 Å². The van der Waals surface area contributed by atoms with Crippen molar-refractivity contribution in [3.8, 4) is 17.3 Å². The van der Waals surface area contributed by atoms with Crippen LogP contribution in [0.5, 0.6) is 0 Å². The van der Waals surface area contributed by atoms with E-state index < -0.39 is 6.17 Å². The molecule has 4 aromatic rings. The van der Waals surface area contributed by atoms with Crippen LogP contribution in [0.2, 0.25) is 0 Å². The second-order valence-corrected chi connectivity index (χ2v) is 11.7. The quantitative estimate of drug-likeness (QED) is 0.314. The van der Waals surface area contributed by atoms with Crippen LogP contribution in [0, 0.1) is 17.1 Å². The van der Waals surface area contributed by atoms with Crippen LogP contribution in [-0.4, -0.2) is 89.1 Å². The number of aromatic nitrogens is 3. The van der Waals surface area contributed by atoms with Crippen LogP contribution in [0.15, 0.2) is 42.6 Å². The van der Waals surface area contributed by atoms with Gasteiger partial charge < -0.3 is 14.7 Å². The molecule has 2 aliphatic rings. The molecule has 0 bridgehead atoms. The van der Waals surface area contributed by atoms with E-state index in [2.05, 4.69) is 39.5 Å². The monoisotopic (exact) mass is 590 g/mol. The summed E-state index contributed by atoms with van der Waals surface area (Å²) in [6, 6.07) is 12.3. The summed E-state index contributed by atoms with van der Waals surface area (Å²) in [6.07, 6.45) is 2.33. The van der Waals surface area contributed by atoms with Crippen molar-refractivity contribution in [1.82, 2.24) is 24.2 Å². The molecule has 9 nitrogen and oxygen atoms in total. The number of aryl methyl sites for hydroxylation is 1. The first-order chi connectivity index (χ1) is 20.3. The van der Waals surface area contributed by atoms with Gasteiger partial charge in [-0.2, -0.15) is 5.26 Å². The van der Waals surface area contributed by atoms with E-state index in [1.165, 1.54) is 23.5 Å². The molecule has 5 heterocycles. The fraction of sp³-hybridized carbons (Fsp3) is 0.400. The number of nitrogens with zero attached hydrogens (tertiary/aromatic N) is 8. The minimum atomic E-state index is -0.901. The van der Waals surface area contributed by atoms with Gasteiger partial charge >= 0.3 is 0 Å². The summed E-state index contributed by atoms with van der Waals surface area (Å²) in [5.41, 5.74) is 3.99. The van der Waals surface area contributed by atoms with Crippen LogP contribution >= 0.6 is 11.3 Å². The average Bonchev–Trinajstić information content (AvgIpc) is 3.73. The first kappa shape index (κ1) is 28.1. The van der Waals surface area contributed by atoms with E-state index in [1.54, 1.807) is 17.0 Å². The number of fused-ring (bicyclic) bond motifs is 1. The molecule has 218 valence electrons. The van der Waals surface area contributed by atoms with Gasteiger partial charge in [-0.25, -0.2) is 18.7 Å². The topological polar surface area (TPSA) is 84.0 Å². The Morgan fingerprint density at radius 2 is 1.88 bits per heavy atom. The van der Waals surface area contributed by atoms with Crippen LogP contribution in [0.4, 0.5) is 25.4 Å². The van der Waals surface area contributed by atoms with Crippen molar-refractivity contribution >= 4 is 39.5 Å². The van der Waals surface area contributed by atoms with Crippen molar-refractivity contribution in [2.45, 2.75) is 25.9 Å². The Hall–Kier alpha value is -4.08. The van der Waals surface area contributed by atoms with Crippen molar-refractivity contribution in [2.24, 2.45) is 0 Å². The van der Waals surface area contributed by atoms with Gasteiger partial charge in [-0.3, -0.25) is 14.1 Å². The van der Waals surface area contributed by atoms with Gasteiger partial charge in [0, 0.05) is 51.5 Å². The van der Waals surface area contributed by atoms with Crippen molar-refractivity contribution < 1.29 is 13.6 Å². The van der Waals surface area contributed by atoms with Crippen LogP contribution in [0.25, 0.3) is 16.9 Å². The third kappa shape index (κ3) is 5.42. The Morgan fingerprint density at radius 3 is 2.55 bits per heavy atom. The maximum Gasteiger partial charge on any atom is 0.236 e. The number of alkyl halides is 1. The minimum Gasteiger partial charge on any atom is -0.368 e. The maximum absolute atomic E-state index is 13.5. The van der Waals surface area contributed by atoms with Gasteiger partial charge in [-0.1, -0.05) is 18.3 Å². The zero-order valence-electron chi connectivity index (χ0n) is 23.6. The van der Waals surface area contributed by atoms with Gasteiger partial charge in [0.25, 0.3) is 0 Å². The van der Waals surface area contributed by atoms with E-state index in [1.807, 2.05) is 18.0 Å². The van der Waals surface area contributed by atoms with Crippen molar-refractivity contribution in [2.75, 3.05) is 62.7 Å². The molecular formula is C30H32F2N8OS. The van der Waals surface area contributed by atoms with Gasteiger partial charge in [0.2, 0.25) is 5.91 Å². The van der Waals surface area contributed by atoms with E-state index in [-0.39, 0.29) is 18.3 Å². The number of carbonyl (C=O) groups is 1. The lowest BCUT2D eigenvalue weighted by Crippen LogP contribution is -2.50. The first-order valence-corrected chi connectivity index (χ1v) is 15.0. The normalized spacial score (nSPS) is 17.6. The molecule has 0 radical (unpaired) electrons. The SMILES string of the molecule is CCc1nc2ccc(N3CCN(CC(=O)N4CC[C@@H](F)C4)CC3)cn2c1N(C)c1nc(-c2ccc(F)cc2)c(C#N)s1.